The van der Waals surface area contributed by atoms with Crippen LogP contribution < -0.4 is 10.1 Å². The number of rotatable bonds is 20. The number of nitrogens with one attached hydrogen (secondary N) is 1. The molecule has 5 nitrogen and oxygen atoms in total. The Balaban J connectivity index is 1.31. The molecule has 0 bridgehead atoms. The summed E-state index contributed by atoms with van der Waals surface area (Å²) in [7, 11) is 0. The van der Waals surface area contributed by atoms with Gasteiger partial charge in [-0.15, -0.1) is 6.42 Å². The first-order valence-electron chi connectivity index (χ1n) is 19.3. The number of fused-ring (bicyclic) bond motifs is 5. The average Bonchev–Trinajstić information content (AvgIpc) is 3.34. The first-order chi connectivity index (χ1) is 22.8. The molecule has 2 N–H and O–H groups in total. The summed E-state index contributed by atoms with van der Waals surface area (Å²) in [4.78, 5) is 24.5. The van der Waals surface area contributed by atoms with Crippen LogP contribution in [0.3, 0.4) is 0 Å². The first-order valence-corrected chi connectivity index (χ1v) is 19.3. The first kappa shape index (κ1) is 37.2. The summed E-state index contributed by atoms with van der Waals surface area (Å²) in [5, 5.41) is 14.5. The molecule has 47 heavy (non-hydrogen) atoms. The molecule has 0 heterocycles. The van der Waals surface area contributed by atoms with Gasteiger partial charge in [0.05, 0.1) is 0 Å². The van der Waals surface area contributed by atoms with Gasteiger partial charge in [-0.25, -0.2) is 0 Å². The van der Waals surface area contributed by atoms with Gasteiger partial charge >= 0.3 is 5.97 Å². The van der Waals surface area contributed by atoms with Gasteiger partial charge in [-0.3, -0.25) is 9.59 Å². The number of hydrogen-bond acceptors (Lipinski definition) is 4. The smallest absolute Gasteiger partial charge is 0.311 e. The lowest BCUT2D eigenvalue weighted by Gasteiger charge is -2.54. The van der Waals surface area contributed by atoms with Crippen LogP contribution in [0.15, 0.2) is 30.4 Å². The van der Waals surface area contributed by atoms with Crippen LogP contribution in [-0.4, -0.2) is 29.1 Å². The molecule has 3 aliphatic carbocycles. The van der Waals surface area contributed by atoms with Crippen LogP contribution >= 0.6 is 0 Å². The average molecular weight is 646 g/mol. The van der Waals surface area contributed by atoms with Crippen molar-refractivity contribution >= 4 is 11.9 Å². The molecule has 1 fully saturated rings. The Labute approximate surface area is 286 Å². The number of carbonyl (C=O) groups excluding carboxylic acids is 2. The number of aliphatic hydroxyl groups is 1. The fourth-order valence-corrected chi connectivity index (χ4v) is 8.93. The van der Waals surface area contributed by atoms with Crippen molar-refractivity contribution in [1.82, 2.24) is 5.32 Å². The Kier molecular flexibility index (Phi) is 14.5. The van der Waals surface area contributed by atoms with Gasteiger partial charge < -0.3 is 15.2 Å². The van der Waals surface area contributed by atoms with Gasteiger partial charge in [0.15, 0.2) is 0 Å². The number of terminal acetylenes is 1. The highest BCUT2D eigenvalue weighted by Crippen LogP contribution is 2.63. The van der Waals surface area contributed by atoms with Crippen molar-refractivity contribution in [3.8, 4) is 18.1 Å². The van der Waals surface area contributed by atoms with Gasteiger partial charge in [-0.05, 0) is 98.0 Å². The monoisotopic (exact) mass is 645 g/mol. The molecule has 1 aromatic carbocycles. The van der Waals surface area contributed by atoms with Crippen LogP contribution in [0.4, 0.5) is 0 Å². The van der Waals surface area contributed by atoms with E-state index in [1.54, 1.807) is 0 Å². The van der Waals surface area contributed by atoms with Crippen molar-refractivity contribution in [1.29, 1.82) is 0 Å². The minimum atomic E-state index is -1.18. The van der Waals surface area contributed by atoms with Crippen LogP contribution in [0.25, 0.3) is 0 Å². The molecule has 260 valence electrons. The summed E-state index contributed by atoms with van der Waals surface area (Å²) >= 11 is 0. The van der Waals surface area contributed by atoms with Crippen molar-refractivity contribution < 1.29 is 19.4 Å². The number of allylic oxidation sites excluding steroid dienone is 1. The molecule has 4 rings (SSSR count). The molecule has 6 atom stereocenters. The fourth-order valence-electron chi connectivity index (χ4n) is 8.93. The number of benzene rings is 1. The maximum atomic E-state index is 12.6. The molecule has 0 radical (unpaired) electrons. The van der Waals surface area contributed by atoms with E-state index in [4.69, 9.17) is 11.2 Å². The fraction of sp³-hybridized carbons (Fsp3) is 0.714. The number of ether oxygens (including phenoxy) is 1. The highest BCUT2D eigenvalue weighted by atomic mass is 16.5. The Hall–Kier alpha value is -2.58. The summed E-state index contributed by atoms with van der Waals surface area (Å²) in [5.74, 6) is 5.16. The zero-order valence-electron chi connectivity index (χ0n) is 29.8. The van der Waals surface area contributed by atoms with Crippen LogP contribution in [0.1, 0.15) is 160 Å². The second-order valence-corrected chi connectivity index (χ2v) is 15.1. The molecule has 0 unspecified atom stereocenters. The molecule has 1 amide bonds. The Morgan fingerprint density at radius 3 is 2.36 bits per heavy atom. The van der Waals surface area contributed by atoms with Gasteiger partial charge in [0.2, 0.25) is 5.91 Å². The molecule has 1 aromatic rings. The molecule has 1 saturated carbocycles. The standard InChI is InChI=1S/C42H63NO4/c1-5-8-10-19-22-39(45)47-34-23-24-35-33(31-34)30-32(40-36(35)25-27-41(4)37(40)26-28-42(41,46)7-3)20-17-15-13-11-12-14-16-18-21-38(44)43-29-9-6-2/h3,23-24,26,28,31-32,36-37,40,46H,5-6,8-22,25,27,29-30H2,1-2,4H3,(H,43,44)/t32-,36-,37+,40-,41+,42+/m1/s1. The van der Waals surface area contributed by atoms with Crippen molar-refractivity contribution in [3.63, 3.8) is 0 Å². The number of unbranched alkanes of at least 4 members (excludes halogenated alkanes) is 11. The number of amides is 1. The highest BCUT2D eigenvalue weighted by molar-refractivity contribution is 5.75. The van der Waals surface area contributed by atoms with Crippen LogP contribution in [-0.2, 0) is 16.0 Å². The van der Waals surface area contributed by atoms with E-state index in [1.807, 2.05) is 12.1 Å². The largest absolute Gasteiger partial charge is 0.427 e. The van der Waals surface area contributed by atoms with E-state index >= 15 is 0 Å². The Morgan fingerprint density at radius 1 is 0.957 bits per heavy atom. The topological polar surface area (TPSA) is 75.6 Å². The van der Waals surface area contributed by atoms with Gasteiger partial charge in [0.25, 0.3) is 0 Å². The maximum absolute atomic E-state index is 12.6. The van der Waals surface area contributed by atoms with Crippen LogP contribution in [0.5, 0.6) is 5.75 Å². The zero-order chi connectivity index (χ0) is 33.7. The molecular weight excluding hydrogens is 582 g/mol. The molecule has 5 heteroatoms. The normalized spacial score (nSPS) is 27.4. The highest BCUT2D eigenvalue weighted by Gasteiger charge is 2.60. The van der Waals surface area contributed by atoms with E-state index in [0.717, 1.165) is 77.2 Å². The van der Waals surface area contributed by atoms with Crippen molar-refractivity contribution in [3.05, 3.63) is 41.5 Å². The van der Waals surface area contributed by atoms with Crippen molar-refractivity contribution in [2.24, 2.45) is 23.2 Å². The maximum Gasteiger partial charge on any atom is 0.311 e. The van der Waals surface area contributed by atoms with E-state index in [0.29, 0.717) is 36.3 Å². The zero-order valence-corrected chi connectivity index (χ0v) is 29.8. The van der Waals surface area contributed by atoms with Gasteiger partial charge in [-0.1, -0.05) is 109 Å². The lowest BCUT2D eigenvalue weighted by atomic mass is 9.50. The van der Waals surface area contributed by atoms with Crippen LogP contribution in [0, 0.1) is 35.5 Å². The minimum absolute atomic E-state index is 0.128. The summed E-state index contributed by atoms with van der Waals surface area (Å²) in [5.41, 5.74) is 1.23. The van der Waals surface area contributed by atoms with E-state index in [9.17, 15) is 14.7 Å². The van der Waals surface area contributed by atoms with Gasteiger partial charge in [0.1, 0.15) is 11.4 Å². The molecule has 0 spiro atoms. The Morgan fingerprint density at radius 2 is 1.64 bits per heavy atom. The lowest BCUT2D eigenvalue weighted by molar-refractivity contribution is -0.134. The van der Waals surface area contributed by atoms with E-state index < -0.39 is 5.60 Å². The minimum Gasteiger partial charge on any atom is -0.427 e. The Bertz CT molecular complexity index is 1230. The molecule has 0 aliphatic heterocycles. The predicted molar refractivity (Wildman–Crippen MR) is 192 cm³/mol. The molecule has 0 aromatic heterocycles. The number of esters is 1. The van der Waals surface area contributed by atoms with E-state index in [-0.39, 0.29) is 23.2 Å². The third-order valence-corrected chi connectivity index (χ3v) is 11.8. The van der Waals surface area contributed by atoms with Crippen molar-refractivity contribution in [2.45, 2.75) is 161 Å². The number of hydrogen-bond donors (Lipinski definition) is 2. The van der Waals surface area contributed by atoms with E-state index in [2.05, 4.69) is 50.2 Å². The quantitative estimate of drug-likeness (QED) is 0.0487. The summed E-state index contributed by atoms with van der Waals surface area (Å²) in [6, 6.07) is 6.36. The molecule has 3 aliphatic rings. The number of carbonyl (C=O) groups is 2. The predicted octanol–water partition coefficient (Wildman–Crippen LogP) is 9.60. The molecule has 0 saturated heterocycles. The van der Waals surface area contributed by atoms with Crippen LogP contribution in [0.2, 0.25) is 0 Å². The van der Waals surface area contributed by atoms with E-state index in [1.165, 1.54) is 56.1 Å². The van der Waals surface area contributed by atoms with Gasteiger partial charge in [-0.2, -0.15) is 0 Å². The summed E-state index contributed by atoms with van der Waals surface area (Å²) < 4.78 is 5.83. The van der Waals surface area contributed by atoms with Crippen molar-refractivity contribution in [2.75, 3.05) is 6.54 Å². The third kappa shape index (κ3) is 9.53. The molecular formula is C42H63NO4. The SMILES string of the molecule is C#C[C@]1(O)C=C[C@H]2[C@@H]3[C@H](CCCCCCCCCCC(=O)NCCCC)Cc4cc(OC(=O)CCCCCC)ccc4[C@H]3CC[C@@]21C. The second kappa shape index (κ2) is 18.3. The lowest BCUT2D eigenvalue weighted by Crippen LogP contribution is -2.52. The summed E-state index contributed by atoms with van der Waals surface area (Å²) in [6.07, 6.45) is 31.3. The second-order valence-electron chi connectivity index (χ2n) is 15.1. The summed E-state index contributed by atoms with van der Waals surface area (Å²) in [6.45, 7) is 7.34. The third-order valence-electron chi connectivity index (χ3n) is 11.8. The van der Waals surface area contributed by atoms with Gasteiger partial charge in [0, 0.05) is 24.8 Å².